The SMILES string of the molecule is OC(c1ccco1)(c1ccccc1F)C(F)(F)F. The highest BCUT2D eigenvalue weighted by Gasteiger charge is 2.59. The van der Waals surface area contributed by atoms with Gasteiger partial charge in [0.2, 0.25) is 5.60 Å². The Morgan fingerprint density at radius 3 is 2.17 bits per heavy atom. The second-order valence-corrected chi connectivity index (χ2v) is 3.67. The minimum atomic E-state index is -5.10. The zero-order valence-electron chi connectivity index (χ0n) is 8.91. The summed E-state index contributed by atoms with van der Waals surface area (Å²) in [5.41, 5.74) is -4.39. The van der Waals surface area contributed by atoms with Crippen molar-refractivity contribution in [2.45, 2.75) is 11.8 Å². The lowest BCUT2D eigenvalue weighted by Crippen LogP contribution is -2.43. The Bertz CT molecular complexity index is 533. The summed E-state index contributed by atoms with van der Waals surface area (Å²) >= 11 is 0. The summed E-state index contributed by atoms with van der Waals surface area (Å²) in [4.78, 5) is 0. The molecule has 96 valence electrons. The molecule has 0 saturated carbocycles. The van der Waals surface area contributed by atoms with Crippen LogP contribution in [0.25, 0.3) is 0 Å². The van der Waals surface area contributed by atoms with Crippen molar-refractivity contribution in [2.24, 2.45) is 0 Å². The van der Waals surface area contributed by atoms with Gasteiger partial charge in [-0.25, -0.2) is 4.39 Å². The zero-order chi connectivity index (χ0) is 13.4. The predicted molar refractivity (Wildman–Crippen MR) is 54.2 cm³/mol. The van der Waals surface area contributed by atoms with Crippen LogP contribution in [0.4, 0.5) is 17.6 Å². The molecule has 0 saturated heterocycles. The maximum atomic E-state index is 13.5. The lowest BCUT2D eigenvalue weighted by Gasteiger charge is -2.29. The number of halogens is 4. The van der Waals surface area contributed by atoms with Gasteiger partial charge in [0, 0.05) is 5.56 Å². The van der Waals surface area contributed by atoms with Crippen molar-refractivity contribution in [1.29, 1.82) is 0 Å². The van der Waals surface area contributed by atoms with Crippen molar-refractivity contribution in [3.05, 3.63) is 59.8 Å². The Hall–Kier alpha value is -1.82. The first-order valence-electron chi connectivity index (χ1n) is 4.95. The molecule has 2 rings (SSSR count). The van der Waals surface area contributed by atoms with E-state index in [4.69, 9.17) is 0 Å². The third-order valence-corrected chi connectivity index (χ3v) is 2.55. The molecule has 0 amide bonds. The fourth-order valence-corrected chi connectivity index (χ4v) is 1.66. The molecule has 0 bridgehead atoms. The molecule has 1 unspecified atom stereocenters. The maximum absolute atomic E-state index is 13.5. The molecule has 0 aliphatic heterocycles. The summed E-state index contributed by atoms with van der Waals surface area (Å²) in [6.45, 7) is 0. The molecular weight excluding hydrogens is 252 g/mol. The van der Waals surface area contributed by atoms with Crippen LogP contribution in [0.15, 0.2) is 47.1 Å². The van der Waals surface area contributed by atoms with E-state index in [2.05, 4.69) is 4.42 Å². The third kappa shape index (κ3) is 1.78. The quantitative estimate of drug-likeness (QED) is 0.841. The highest BCUT2D eigenvalue weighted by atomic mass is 19.4. The van der Waals surface area contributed by atoms with Gasteiger partial charge >= 0.3 is 6.18 Å². The molecule has 0 radical (unpaired) electrons. The first-order chi connectivity index (χ1) is 8.37. The van der Waals surface area contributed by atoms with Gasteiger partial charge in [-0.15, -0.1) is 0 Å². The molecule has 1 aromatic carbocycles. The van der Waals surface area contributed by atoms with Gasteiger partial charge in [-0.1, -0.05) is 18.2 Å². The topological polar surface area (TPSA) is 33.4 Å². The molecule has 0 aliphatic rings. The molecule has 6 heteroatoms. The number of aliphatic hydroxyl groups is 1. The van der Waals surface area contributed by atoms with E-state index < -0.39 is 28.9 Å². The smallest absolute Gasteiger partial charge is 0.429 e. The summed E-state index contributed by atoms with van der Waals surface area (Å²) in [6.07, 6.45) is -4.13. The average molecular weight is 260 g/mol. The second kappa shape index (κ2) is 4.13. The van der Waals surface area contributed by atoms with E-state index in [0.717, 1.165) is 24.5 Å². The fourth-order valence-electron chi connectivity index (χ4n) is 1.66. The van der Waals surface area contributed by atoms with Crippen molar-refractivity contribution in [2.75, 3.05) is 0 Å². The van der Waals surface area contributed by atoms with Gasteiger partial charge in [-0.3, -0.25) is 0 Å². The number of hydrogen-bond acceptors (Lipinski definition) is 2. The van der Waals surface area contributed by atoms with Crippen LogP contribution in [0.2, 0.25) is 0 Å². The molecule has 18 heavy (non-hydrogen) atoms. The maximum Gasteiger partial charge on any atom is 0.429 e. The third-order valence-electron chi connectivity index (χ3n) is 2.55. The van der Waals surface area contributed by atoms with Crippen molar-refractivity contribution in [1.82, 2.24) is 0 Å². The minimum Gasteiger partial charge on any atom is -0.466 e. The average Bonchev–Trinajstić information content (AvgIpc) is 2.80. The van der Waals surface area contributed by atoms with Crippen LogP contribution in [0, 0.1) is 5.82 Å². The van der Waals surface area contributed by atoms with Crippen molar-refractivity contribution < 1.29 is 27.1 Å². The Morgan fingerprint density at radius 1 is 1.00 bits per heavy atom. The van der Waals surface area contributed by atoms with Crippen molar-refractivity contribution in [3.63, 3.8) is 0 Å². The van der Waals surface area contributed by atoms with Crippen molar-refractivity contribution >= 4 is 0 Å². The summed E-state index contributed by atoms with van der Waals surface area (Å²) in [5.74, 6) is -1.94. The van der Waals surface area contributed by atoms with Gasteiger partial charge in [0.15, 0.2) is 0 Å². The Morgan fingerprint density at radius 2 is 1.67 bits per heavy atom. The van der Waals surface area contributed by atoms with E-state index in [1.807, 2.05) is 0 Å². The van der Waals surface area contributed by atoms with E-state index in [1.54, 1.807) is 0 Å². The summed E-state index contributed by atoms with van der Waals surface area (Å²) in [6, 6.07) is 6.28. The van der Waals surface area contributed by atoms with Crippen LogP contribution >= 0.6 is 0 Å². The van der Waals surface area contributed by atoms with Crippen LogP contribution < -0.4 is 0 Å². The van der Waals surface area contributed by atoms with E-state index in [0.29, 0.717) is 0 Å². The Labute approximate surface area is 99.5 Å². The molecule has 1 aromatic heterocycles. The number of rotatable bonds is 2. The van der Waals surface area contributed by atoms with Gasteiger partial charge in [-0.2, -0.15) is 13.2 Å². The first kappa shape index (κ1) is 12.6. The Balaban J connectivity index is 2.69. The summed E-state index contributed by atoms with van der Waals surface area (Å²) < 4.78 is 57.3. The standard InChI is InChI=1S/C12H8F4O2/c13-9-5-2-1-4-8(9)11(17,12(14,15)16)10-6-3-7-18-10/h1-7,17H. The van der Waals surface area contributed by atoms with Crippen LogP contribution in [-0.2, 0) is 5.60 Å². The number of alkyl halides is 3. The lowest BCUT2D eigenvalue weighted by atomic mass is 9.90. The summed E-state index contributed by atoms with van der Waals surface area (Å²) in [5, 5.41) is 9.90. The molecule has 0 fully saturated rings. The Kier molecular flexibility index (Phi) is 2.90. The zero-order valence-corrected chi connectivity index (χ0v) is 8.91. The largest absolute Gasteiger partial charge is 0.466 e. The van der Waals surface area contributed by atoms with Gasteiger partial charge < -0.3 is 9.52 Å². The molecule has 0 spiro atoms. The highest BCUT2D eigenvalue weighted by molar-refractivity contribution is 5.34. The van der Waals surface area contributed by atoms with Crippen LogP contribution in [-0.4, -0.2) is 11.3 Å². The first-order valence-corrected chi connectivity index (χ1v) is 4.95. The monoisotopic (exact) mass is 260 g/mol. The van der Waals surface area contributed by atoms with Crippen LogP contribution in [0.5, 0.6) is 0 Å². The molecule has 0 aliphatic carbocycles. The molecule has 1 N–H and O–H groups in total. The normalized spacial score (nSPS) is 15.4. The molecule has 1 atom stereocenters. The van der Waals surface area contributed by atoms with Crippen molar-refractivity contribution in [3.8, 4) is 0 Å². The van der Waals surface area contributed by atoms with Gasteiger partial charge in [-0.05, 0) is 18.2 Å². The van der Waals surface area contributed by atoms with Gasteiger partial charge in [0.25, 0.3) is 0 Å². The lowest BCUT2D eigenvalue weighted by molar-refractivity contribution is -0.255. The fraction of sp³-hybridized carbons (Fsp3) is 0.167. The predicted octanol–water partition coefficient (Wildman–Crippen LogP) is 3.22. The van der Waals surface area contributed by atoms with E-state index in [1.165, 1.54) is 18.2 Å². The number of hydrogen-bond donors (Lipinski definition) is 1. The molecule has 2 nitrogen and oxygen atoms in total. The van der Waals surface area contributed by atoms with Crippen LogP contribution in [0.1, 0.15) is 11.3 Å². The van der Waals surface area contributed by atoms with E-state index >= 15 is 0 Å². The molecule has 1 heterocycles. The van der Waals surface area contributed by atoms with Gasteiger partial charge in [0.1, 0.15) is 11.6 Å². The van der Waals surface area contributed by atoms with Gasteiger partial charge in [0.05, 0.1) is 6.26 Å². The summed E-state index contributed by atoms with van der Waals surface area (Å²) in [7, 11) is 0. The minimum absolute atomic E-state index is 0.778. The molecule has 2 aromatic rings. The highest BCUT2D eigenvalue weighted by Crippen LogP contribution is 2.45. The van der Waals surface area contributed by atoms with E-state index in [9.17, 15) is 22.7 Å². The molecular formula is C12H8F4O2. The number of benzene rings is 1. The van der Waals surface area contributed by atoms with Crippen LogP contribution in [0.3, 0.4) is 0 Å². The van der Waals surface area contributed by atoms with E-state index in [-0.39, 0.29) is 0 Å². The second-order valence-electron chi connectivity index (χ2n) is 3.67. The number of furan rings is 1.